The van der Waals surface area contributed by atoms with Crippen molar-refractivity contribution < 1.29 is 13.2 Å². The van der Waals surface area contributed by atoms with E-state index in [1.807, 2.05) is 48.1 Å². The molecule has 1 aliphatic rings. The number of nitrogens with zero attached hydrogens (tertiary/aromatic N) is 3. The first-order valence-electron chi connectivity index (χ1n) is 9.33. The van der Waals surface area contributed by atoms with E-state index < -0.39 is 10.0 Å². The van der Waals surface area contributed by atoms with Gasteiger partial charge in [0.25, 0.3) is 5.91 Å². The summed E-state index contributed by atoms with van der Waals surface area (Å²) in [6, 6.07) is 9.37. The lowest BCUT2D eigenvalue weighted by Gasteiger charge is -2.31. The first-order valence-corrected chi connectivity index (χ1v) is 10.9. The molecule has 0 atom stereocenters. The summed E-state index contributed by atoms with van der Waals surface area (Å²) in [5.74, 6) is 0.0741. The van der Waals surface area contributed by atoms with E-state index in [9.17, 15) is 13.2 Å². The number of piperidine rings is 1. The van der Waals surface area contributed by atoms with Crippen molar-refractivity contribution in [3.63, 3.8) is 0 Å². The molecule has 27 heavy (non-hydrogen) atoms. The highest BCUT2D eigenvalue weighted by Gasteiger charge is 2.28. The third-order valence-corrected chi connectivity index (χ3v) is 6.84. The van der Waals surface area contributed by atoms with Gasteiger partial charge in [-0.25, -0.2) is 12.7 Å². The predicted octanol–water partition coefficient (Wildman–Crippen LogP) is 1.87. The number of benzene rings is 1. The minimum atomic E-state index is -3.15. The van der Waals surface area contributed by atoms with Crippen LogP contribution in [0, 0.1) is 0 Å². The largest absolute Gasteiger partial charge is 0.349 e. The minimum Gasteiger partial charge on any atom is -0.349 e. The van der Waals surface area contributed by atoms with E-state index in [0.717, 1.165) is 5.56 Å². The van der Waals surface area contributed by atoms with Gasteiger partial charge in [-0.15, -0.1) is 0 Å². The van der Waals surface area contributed by atoms with E-state index in [-0.39, 0.29) is 17.7 Å². The van der Waals surface area contributed by atoms with E-state index >= 15 is 0 Å². The van der Waals surface area contributed by atoms with Gasteiger partial charge in [-0.05, 0) is 43.0 Å². The number of aromatic nitrogens is 2. The van der Waals surface area contributed by atoms with Crippen LogP contribution < -0.4 is 5.32 Å². The lowest BCUT2D eigenvalue weighted by Crippen LogP contribution is -2.47. The van der Waals surface area contributed by atoms with Gasteiger partial charge in [-0.3, -0.25) is 9.48 Å². The maximum Gasteiger partial charge on any atom is 0.251 e. The summed E-state index contributed by atoms with van der Waals surface area (Å²) in [4.78, 5) is 12.5. The number of carbonyl (C=O) groups is 1. The molecule has 1 N–H and O–H groups in total. The van der Waals surface area contributed by atoms with Crippen molar-refractivity contribution in [1.82, 2.24) is 19.4 Å². The Morgan fingerprint density at radius 3 is 2.52 bits per heavy atom. The Hall–Kier alpha value is -2.19. The van der Waals surface area contributed by atoms with Gasteiger partial charge < -0.3 is 5.32 Å². The first kappa shape index (κ1) is 19.6. The molecule has 1 aromatic heterocycles. The van der Waals surface area contributed by atoms with Crippen LogP contribution in [-0.4, -0.2) is 53.3 Å². The van der Waals surface area contributed by atoms with Crippen molar-refractivity contribution in [3.05, 3.63) is 53.9 Å². The molecule has 1 amide bonds. The quantitative estimate of drug-likeness (QED) is 0.782. The Labute approximate surface area is 160 Å². The fourth-order valence-corrected chi connectivity index (χ4v) is 4.82. The van der Waals surface area contributed by atoms with Crippen molar-refractivity contribution in [1.29, 1.82) is 0 Å². The van der Waals surface area contributed by atoms with Gasteiger partial charge >= 0.3 is 0 Å². The number of amides is 1. The SMILES string of the molecule is CCCS(=O)(=O)N1CCC(NC(=O)c2ccc(Cn3cccn3)cc2)CC1. The van der Waals surface area contributed by atoms with Gasteiger partial charge in [0.2, 0.25) is 10.0 Å². The summed E-state index contributed by atoms with van der Waals surface area (Å²) in [6.07, 6.45) is 5.54. The maximum absolute atomic E-state index is 12.5. The van der Waals surface area contributed by atoms with Gasteiger partial charge in [-0.1, -0.05) is 19.1 Å². The van der Waals surface area contributed by atoms with Crippen molar-refractivity contribution in [2.24, 2.45) is 0 Å². The summed E-state index contributed by atoms with van der Waals surface area (Å²) in [7, 11) is -3.15. The molecule has 1 aliphatic heterocycles. The molecule has 7 nitrogen and oxygen atoms in total. The van der Waals surface area contributed by atoms with E-state index in [1.165, 1.54) is 0 Å². The molecule has 0 saturated carbocycles. The average Bonchev–Trinajstić information content (AvgIpc) is 3.16. The second-order valence-electron chi connectivity index (χ2n) is 6.86. The molecule has 3 rings (SSSR count). The second kappa shape index (κ2) is 8.67. The molecule has 0 spiro atoms. The standard InChI is InChI=1S/C19H26N4O3S/c1-2-14-27(25,26)23-12-8-18(9-13-23)21-19(24)17-6-4-16(5-7-17)15-22-11-3-10-20-22/h3-7,10-11,18H,2,8-9,12-15H2,1H3,(H,21,24). The molecular weight excluding hydrogens is 364 g/mol. The molecule has 2 aromatic rings. The topological polar surface area (TPSA) is 84.3 Å². The Bertz CT molecular complexity index is 840. The van der Waals surface area contributed by atoms with E-state index in [4.69, 9.17) is 0 Å². The highest BCUT2D eigenvalue weighted by atomic mass is 32.2. The van der Waals surface area contributed by atoms with E-state index in [2.05, 4.69) is 10.4 Å². The molecule has 8 heteroatoms. The van der Waals surface area contributed by atoms with Crippen LogP contribution in [0.25, 0.3) is 0 Å². The van der Waals surface area contributed by atoms with Crippen LogP contribution in [-0.2, 0) is 16.6 Å². The minimum absolute atomic E-state index is 0.00864. The number of hydrogen-bond acceptors (Lipinski definition) is 4. The first-order chi connectivity index (χ1) is 13.0. The van der Waals surface area contributed by atoms with Gasteiger partial charge in [0.1, 0.15) is 0 Å². The number of hydrogen-bond donors (Lipinski definition) is 1. The fraction of sp³-hybridized carbons (Fsp3) is 0.474. The van der Waals surface area contributed by atoms with Gasteiger partial charge in [0.05, 0.1) is 12.3 Å². The van der Waals surface area contributed by atoms with Gasteiger partial charge in [0.15, 0.2) is 0 Å². The summed E-state index contributed by atoms with van der Waals surface area (Å²) in [6.45, 7) is 3.47. The zero-order valence-electron chi connectivity index (χ0n) is 15.5. The zero-order valence-corrected chi connectivity index (χ0v) is 16.4. The van der Waals surface area contributed by atoms with Gasteiger partial charge in [0, 0.05) is 37.1 Å². The van der Waals surface area contributed by atoms with Crippen LogP contribution in [0.3, 0.4) is 0 Å². The fourth-order valence-electron chi connectivity index (χ4n) is 3.28. The summed E-state index contributed by atoms with van der Waals surface area (Å²) < 4.78 is 27.6. The van der Waals surface area contributed by atoms with Crippen LogP contribution in [0.4, 0.5) is 0 Å². The van der Waals surface area contributed by atoms with Crippen molar-refractivity contribution >= 4 is 15.9 Å². The van der Waals surface area contributed by atoms with Crippen LogP contribution in [0.5, 0.6) is 0 Å². The van der Waals surface area contributed by atoms with Crippen LogP contribution >= 0.6 is 0 Å². The predicted molar refractivity (Wildman–Crippen MR) is 104 cm³/mol. The molecule has 0 radical (unpaired) electrons. The molecule has 0 aliphatic carbocycles. The lowest BCUT2D eigenvalue weighted by atomic mass is 10.1. The molecule has 0 bridgehead atoms. The lowest BCUT2D eigenvalue weighted by molar-refractivity contribution is 0.0924. The maximum atomic E-state index is 12.5. The smallest absolute Gasteiger partial charge is 0.251 e. The van der Waals surface area contributed by atoms with E-state index in [0.29, 0.717) is 44.5 Å². The molecular formula is C19H26N4O3S. The second-order valence-corrected chi connectivity index (χ2v) is 8.95. The molecule has 1 saturated heterocycles. The number of sulfonamides is 1. The molecule has 1 fully saturated rings. The number of rotatable bonds is 7. The number of carbonyl (C=O) groups excluding carboxylic acids is 1. The normalized spacial score (nSPS) is 16.3. The third-order valence-electron chi connectivity index (χ3n) is 4.76. The molecule has 0 unspecified atom stereocenters. The van der Waals surface area contributed by atoms with Crippen molar-refractivity contribution in [3.8, 4) is 0 Å². The Kier molecular flexibility index (Phi) is 6.28. The third kappa shape index (κ3) is 5.17. The Morgan fingerprint density at radius 1 is 1.22 bits per heavy atom. The van der Waals surface area contributed by atoms with Gasteiger partial charge in [-0.2, -0.15) is 5.10 Å². The average molecular weight is 391 g/mol. The molecule has 2 heterocycles. The Morgan fingerprint density at radius 2 is 1.93 bits per heavy atom. The summed E-state index contributed by atoms with van der Waals surface area (Å²) >= 11 is 0. The monoisotopic (exact) mass is 390 g/mol. The summed E-state index contributed by atoms with van der Waals surface area (Å²) in [5.41, 5.74) is 1.69. The molecule has 1 aromatic carbocycles. The van der Waals surface area contributed by atoms with Crippen LogP contribution in [0.1, 0.15) is 42.1 Å². The highest BCUT2D eigenvalue weighted by Crippen LogP contribution is 2.16. The zero-order chi connectivity index (χ0) is 19.3. The summed E-state index contributed by atoms with van der Waals surface area (Å²) in [5, 5.41) is 7.20. The van der Waals surface area contributed by atoms with Crippen LogP contribution in [0.15, 0.2) is 42.7 Å². The highest BCUT2D eigenvalue weighted by molar-refractivity contribution is 7.89. The molecule has 146 valence electrons. The van der Waals surface area contributed by atoms with Crippen molar-refractivity contribution in [2.45, 2.75) is 38.8 Å². The Balaban J connectivity index is 1.51. The van der Waals surface area contributed by atoms with Crippen molar-refractivity contribution in [2.75, 3.05) is 18.8 Å². The number of nitrogens with one attached hydrogen (secondary N) is 1. The van der Waals surface area contributed by atoms with Crippen LogP contribution in [0.2, 0.25) is 0 Å². The van der Waals surface area contributed by atoms with E-state index in [1.54, 1.807) is 10.5 Å².